The van der Waals surface area contributed by atoms with E-state index in [9.17, 15) is 4.39 Å². The summed E-state index contributed by atoms with van der Waals surface area (Å²) in [4.78, 5) is 2.45. The molecule has 0 saturated heterocycles. The molecule has 2 N–H and O–H groups in total. The standard InChI is InChI=1S/C19H30ClFN2/c1-3-14(4-2)12-23(16-10-8-15(22)9-11-16)13-17-18(20)6-5-7-19(17)21/h5-7,14-16H,3-4,8-13,22H2,1-2H3. The summed E-state index contributed by atoms with van der Waals surface area (Å²) >= 11 is 6.25. The van der Waals surface area contributed by atoms with E-state index in [4.69, 9.17) is 17.3 Å². The van der Waals surface area contributed by atoms with Crippen molar-refractivity contribution in [2.24, 2.45) is 11.7 Å². The maximum atomic E-state index is 14.2. The molecule has 0 unspecified atom stereocenters. The molecule has 1 saturated carbocycles. The second kappa shape index (κ2) is 9.00. The van der Waals surface area contributed by atoms with Crippen LogP contribution in [0.15, 0.2) is 18.2 Å². The SMILES string of the molecule is CCC(CC)CN(Cc1c(F)cccc1Cl)C1CCC(N)CC1. The molecule has 0 heterocycles. The first-order valence-electron chi connectivity index (χ1n) is 8.97. The second-order valence-corrected chi connectivity index (χ2v) is 7.29. The fourth-order valence-electron chi connectivity index (χ4n) is 3.57. The van der Waals surface area contributed by atoms with Gasteiger partial charge >= 0.3 is 0 Å². The highest BCUT2D eigenvalue weighted by atomic mass is 35.5. The molecule has 1 aromatic rings. The molecule has 0 aliphatic heterocycles. The Bertz CT molecular complexity index is 462. The van der Waals surface area contributed by atoms with Gasteiger partial charge < -0.3 is 5.73 Å². The van der Waals surface area contributed by atoms with Crippen LogP contribution in [0.5, 0.6) is 0 Å². The van der Waals surface area contributed by atoms with Crippen molar-refractivity contribution in [1.82, 2.24) is 4.90 Å². The van der Waals surface area contributed by atoms with Gasteiger partial charge in [0.15, 0.2) is 0 Å². The lowest BCUT2D eigenvalue weighted by Crippen LogP contribution is -2.42. The summed E-state index contributed by atoms with van der Waals surface area (Å²) in [5, 5.41) is 0.534. The Morgan fingerprint density at radius 2 is 1.87 bits per heavy atom. The van der Waals surface area contributed by atoms with Crippen molar-refractivity contribution >= 4 is 11.6 Å². The fraction of sp³-hybridized carbons (Fsp3) is 0.684. The normalized spacial score (nSPS) is 22.0. The molecule has 0 amide bonds. The van der Waals surface area contributed by atoms with Crippen LogP contribution in [0.1, 0.15) is 57.9 Å². The monoisotopic (exact) mass is 340 g/mol. The fourth-order valence-corrected chi connectivity index (χ4v) is 3.80. The summed E-state index contributed by atoms with van der Waals surface area (Å²) in [6.45, 7) is 6.08. The minimum Gasteiger partial charge on any atom is -0.328 e. The van der Waals surface area contributed by atoms with Crippen molar-refractivity contribution in [3.63, 3.8) is 0 Å². The molecule has 1 fully saturated rings. The molecular weight excluding hydrogens is 311 g/mol. The first-order chi connectivity index (χ1) is 11.0. The van der Waals surface area contributed by atoms with Crippen LogP contribution in [-0.4, -0.2) is 23.5 Å². The Labute approximate surface area is 145 Å². The Hall–Kier alpha value is -0.640. The third-order valence-corrected chi connectivity index (χ3v) is 5.68. The highest BCUT2D eigenvalue weighted by Crippen LogP contribution is 2.28. The Kier molecular flexibility index (Phi) is 7.32. The zero-order valence-electron chi connectivity index (χ0n) is 14.4. The van der Waals surface area contributed by atoms with Gasteiger partial charge in [0.25, 0.3) is 0 Å². The molecular formula is C19H30ClFN2. The van der Waals surface area contributed by atoms with E-state index in [1.165, 1.54) is 6.07 Å². The van der Waals surface area contributed by atoms with Crippen LogP contribution in [-0.2, 0) is 6.54 Å². The number of benzene rings is 1. The predicted molar refractivity (Wildman–Crippen MR) is 96.1 cm³/mol. The zero-order chi connectivity index (χ0) is 16.8. The molecule has 1 aromatic carbocycles. The van der Waals surface area contributed by atoms with E-state index >= 15 is 0 Å². The average Bonchev–Trinajstić information content (AvgIpc) is 2.55. The van der Waals surface area contributed by atoms with Gasteiger partial charge in [0.2, 0.25) is 0 Å². The highest BCUT2D eigenvalue weighted by molar-refractivity contribution is 6.31. The van der Waals surface area contributed by atoms with Crippen molar-refractivity contribution in [2.45, 2.75) is 71.0 Å². The summed E-state index contributed by atoms with van der Waals surface area (Å²) in [5.74, 6) is 0.454. The van der Waals surface area contributed by atoms with Gasteiger partial charge in [-0.25, -0.2) is 4.39 Å². The molecule has 0 spiro atoms. The van der Waals surface area contributed by atoms with Gasteiger partial charge in [-0.05, 0) is 43.7 Å². The Morgan fingerprint density at radius 3 is 2.43 bits per heavy atom. The van der Waals surface area contributed by atoms with E-state index in [2.05, 4.69) is 18.7 Å². The first kappa shape index (κ1) is 18.7. The van der Waals surface area contributed by atoms with Crippen molar-refractivity contribution in [3.05, 3.63) is 34.6 Å². The summed E-state index contributed by atoms with van der Waals surface area (Å²) < 4.78 is 14.2. The van der Waals surface area contributed by atoms with Gasteiger partial charge in [-0.15, -0.1) is 0 Å². The van der Waals surface area contributed by atoms with Crippen LogP contribution in [0.25, 0.3) is 0 Å². The average molecular weight is 341 g/mol. The largest absolute Gasteiger partial charge is 0.328 e. The van der Waals surface area contributed by atoms with E-state index < -0.39 is 0 Å². The molecule has 0 bridgehead atoms. The topological polar surface area (TPSA) is 29.3 Å². The summed E-state index contributed by atoms with van der Waals surface area (Å²) in [5.41, 5.74) is 6.69. The minimum absolute atomic E-state index is 0.195. The molecule has 2 rings (SSSR count). The molecule has 23 heavy (non-hydrogen) atoms. The number of halogens is 2. The van der Waals surface area contributed by atoms with E-state index in [0.29, 0.717) is 35.1 Å². The molecule has 130 valence electrons. The second-order valence-electron chi connectivity index (χ2n) is 6.88. The van der Waals surface area contributed by atoms with Gasteiger partial charge in [-0.3, -0.25) is 4.90 Å². The van der Waals surface area contributed by atoms with Gasteiger partial charge in [0, 0.05) is 35.8 Å². The molecule has 1 aliphatic rings. The van der Waals surface area contributed by atoms with Crippen LogP contribution in [0, 0.1) is 11.7 Å². The lowest BCUT2D eigenvalue weighted by atomic mass is 9.89. The zero-order valence-corrected chi connectivity index (χ0v) is 15.2. The molecule has 0 radical (unpaired) electrons. The number of hydrogen-bond acceptors (Lipinski definition) is 2. The lowest BCUT2D eigenvalue weighted by Gasteiger charge is -2.38. The number of hydrogen-bond donors (Lipinski definition) is 1. The molecule has 0 aromatic heterocycles. The first-order valence-corrected chi connectivity index (χ1v) is 9.35. The summed E-state index contributed by atoms with van der Waals surface area (Å²) in [6.07, 6.45) is 6.65. The lowest BCUT2D eigenvalue weighted by molar-refractivity contribution is 0.116. The van der Waals surface area contributed by atoms with E-state index in [0.717, 1.165) is 45.1 Å². The van der Waals surface area contributed by atoms with Gasteiger partial charge in [-0.1, -0.05) is 44.4 Å². The summed E-state index contributed by atoms with van der Waals surface area (Å²) in [7, 11) is 0. The highest BCUT2D eigenvalue weighted by Gasteiger charge is 2.26. The Morgan fingerprint density at radius 1 is 1.22 bits per heavy atom. The van der Waals surface area contributed by atoms with E-state index in [1.807, 2.05) is 0 Å². The van der Waals surface area contributed by atoms with E-state index in [-0.39, 0.29) is 5.82 Å². The third kappa shape index (κ3) is 5.17. The number of rotatable bonds is 7. The maximum absolute atomic E-state index is 14.2. The van der Waals surface area contributed by atoms with Crippen molar-refractivity contribution in [1.29, 1.82) is 0 Å². The van der Waals surface area contributed by atoms with Crippen LogP contribution in [0.2, 0.25) is 5.02 Å². The van der Waals surface area contributed by atoms with Crippen molar-refractivity contribution in [3.8, 4) is 0 Å². The molecule has 2 nitrogen and oxygen atoms in total. The number of nitrogens with two attached hydrogens (primary N) is 1. The van der Waals surface area contributed by atoms with E-state index in [1.54, 1.807) is 12.1 Å². The molecule has 1 aliphatic carbocycles. The van der Waals surface area contributed by atoms with Gasteiger partial charge in [0.1, 0.15) is 5.82 Å². The van der Waals surface area contributed by atoms with Crippen LogP contribution >= 0.6 is 11.6 Å². The van der Waals surface area contributed by atoms with Crippen molar-refractivity contribution < 1.29 is 4.39 Å². The van der Waals surface area contributed by atoms with Crippen LogP contribution in [0.3, 0.4) is 0 Å². The maximum Gasteiger partial charge on any atom is 0.129 e. The third-order valence-electron chi connectivity index (χ3n) is 5.33. The quantitative estimate of drug-likeness (QED) is 0.757. The Balaban J connectivity index is 2.15. The molecule has 0 atom stereocenters. The van der Waals surface area contributed by atoms with Crippen LogP contribution in [0.4, 0.5) is 4.39 Å². The smallest absolute Gasteiger partial charge is 0.129 e. The predicted octanol–water partition coefficient (Wildman–Crippen LogP) is 4.99. The summed E-state index contributed by atoms with van der Waals surface area (Å²) in [6, 6.07) is 5.79. The minimum atomic E-state index is -0.195. The molecule has 4 heteroatoms. The van der Waals surface area contributed by atoms with Gasteiger partial charge in [-0.2, -0.15) is 0 Å². The van der Waals surface area contributed by atoms with Crippen LogP contribution < -0.4 is 5.73 Å². The van der Waals surface area contributed by atoms with Gasteiger partial charge in [0.05, 0.1) is 0 Å². The van der Waals surface area contributed by atoms with Crippen molar-refractivity contribution in [2.75, 3.05) is 6.54 Å². The number of nitrogens with zero attached hydrogens (tertiary/aromatic N) is 1.